The number of hydrogen-bond acceptors (Lipinski definition) is 18. The van der Waals surface area contributed by atoms with Crippen LogP contribution < -0.4 is 82.3 Å². The predicted molar refractivity (Wildman–Crippen MR) is 331 cm³/mol. The zero-order valence-corrected chi connectivity index (χ0v) is 50.8. The molecule has 32 nitrogen and oxygen atoms in total. The first kappa shape index (κ1) is 74.1. The first-order valence-corrected chi connectivity index (χ1v) is 30.0. The number of unbranched alkanes of at least 4 members (excludes halogenated alkanes) is 3. The summed E-state index contributed by atoms with van der Waals surface area (Å²) in [5, 5.41) is 42.6. The van der Waals surface area contributed by atoms with Gasteiger partial charge in [-0.1, -0.05) is 48.5 Å². The van der Waals surface area contributed by atoms with E-state index in [2.05, 4.69) is 62.8 Å². The van der Waals surface area contributed by atoms with Gasteiger partial charge in [0.15, 0.2) is 0 Å². The van der Waals surface area contributed by atoms with Crippen molar-refractivity contribution >= 4 is 81.9 Å². The number of aliphatic hydroxyl groups is 1. The molecule has 10 atom stereocenters. The highest BCUT2D eigenvalue weighted by Gasteiger charge is 2.36. The highest BCUT2D eigenvalue weighted by Crippen LogP contribution is 2.20. The molecule has 0 fully saturated rings. The number of H-pyrrole nitrogens is 2. The number of nitrogens with two attached hydrogens (primary N) is 6. The van der Waals surface area contributed by atoms with Crippen molar-refractivity contribution < 1.29 is 67.7 Å². The second kappa shape index (κ2) is 38.9. The maximum Gasteiger partial charge on any atom is 0.303 e. The fourth-order valence-corrected chi connectivity index (χ4v) is 9.53. The van der Waals surface area contributed by atoms with Crippen molar-refractivity contribution in [1.29, 1.82) is 0 Å². The molecule has 0 saturated carbocycles. The molecule has 0 aliphatic heterocycles. The average molecular weight is 1270 g/mol. The molecule has 91 heavy (non-hydrogen) atoms. The van der Waals surface area contributed by atoms with Crippen LogP contribution in [0.5, 0.6) is 0 Å². The molecule has 4 aromatic rings. The molecule has 2 aromatic carbocycles. The molecule has 4 rings (SSSR count). The number of fused-ring (bicyclic) bond motifs is 1. The van der Waals surface area contributed by atoms with E-state index in [9.17, 15) is 67.7 Å². The summed E-state index contributed by atoms with van der Waals surface area (Å²) in [6, 6.07) is 1.20. The second-order valence-electron chi connectivity index (χ2n) is 21.9. The standard InChI is InChI=1S/C59H88N18O14/c1-33(69-57(89)46(27-36-30-66-32-68-36)76-54(86)41(18-8-11-23-61)72-53(85)40(17-7-10-22-60)71-52(84)38(63)31-78)51(83)70-43(20-21-49(80)81)56(88)73-42(19-9-12-24-62)55(87)77-47(28-48(64)79)59(91)75-45(26-35-29-67-39-16-6-5-15-37(35)39)58(90)74-44(50(65)82)25-34-13-3-2-4-14-34/h2-6,13-16,29-30,32-33,38,40-47,67,78H,7-12,17-28,31,60-63H2,1H3,(H2,64,79)(H2,65,82)(H,66,68)(H,69,89)(H,70,83)(H,71,84)(H,72,85)(H,73,88)(H,74,90)(H,75,91)(H,76,86)(H,77,87)(H,80,81)/t33-,38-,40-,41-,42-,43-,44-,45-,46-,47-/m0/s1. The van der Waals surface area contributed by atoms with Gasteiger partial charge in [-0.05, 0) is 108 Å². The highest BCUT2D eigenvalue weighted by atomic mass is 16.4. The Morgan fingerprint density at radius 2 is 0.956 bits per heavy atom. The van der Waals surface area contributed by atoms with E-state index in [-0.39, 0.29) is 64.6 Å². The maximum absolute atomic E-state index is 14.3. The predicted octanol–water partition coefficient (Wildman–Crippen LogP) is -4.77. The van der Waals surface area contributed by atoms with E-state index in [1.54, 1.807) is 60.8 Å². The summed E-state index contributed by atoms with van der Waals surface area (Å²) in [4.78, 5) is 173. The van der Waals surface area contributed by atoms with Crippen molar-refractivity contribution in [2.45, 2.75) is 164 Å². The van der Waals surface area contributed by atoms with Crippen LogP contribution in [-0.4, -0.2) is 183 Å². The van der Waals surface area contributed by atoms with Gasteiger partial charge in [0.25, 0.3) is 0 Å². The number of benzene rings is 2. The Morgan fingerprint density at radius 3 is 1.46 bits per heavy atom. The molecule has 11 amide bonds. The number of nitrogens with zero attached hydrogens (tertiary/aromatic N) is 1. The van der Waals surface area contributed by atoms with Crippen LogP contribution in [0.2, 0.25) is 0 Å². The third-order valence-corrected chi connectivity index (χ3v) is 14.6. The molecule has 0 bridgehead atoms. The molecule has 0 spiro atoms. The van der Waals surface area contributed by atoms with E-state index in [0.29, 0.717) is 59.8 Å². The van der Waals surface area contributed by atoms with Gasteiger partial charge < -0.3 is 102 Å². The summed E-state index contributed by atoms with van der Waals surface area (Å²) in [5.41, 5.74) is 36.4. The van der Waals surface area contributed by atoms with Gasteiger partial charge >= 0.3 is 5.97 Å². The Bertz CT molecular complexity index is 3060. The van der Waals surface area contributed by atoms with Gasteiger partial charge in [0.05, 0.1) is 19.4 Å². The van der Waals surface area contributed by atoms with Crippen LogP contribution in [0.1, 0.15) is 101 Å². The van der Waals surface area contributed by atoms with Gasteiger partial charge in [-0.25, -0.2) is 4.98 Å². The van der Waals surface area contributed by atoms with Gasteiger partial charge in [0, 0.05) is 54.7 Å². The van der Waals surface area contributed by atoms with Gasteiger partial charge in [0.1, 0.15) is 60.4 Å². The van der Waals surface area contributed by atoms with Crippen LogP contribution in [0.25, 0.3) is 10.9 Å². The molecule has 498 valence electrons. The number of aromatic nitrogens is 3. The van der Waals surface area contributed by atoms with Crippen LogP contribution in [0.4, 0.5) is 0 Å². The van der Waals surface area contributed by atoms with Gasteiger partial charge in [-0.2, -0.15) is 0 Å². The minimum atomic E-state index is -1.79. The van der Waals surface area contributed by atoms with Crippen LogP contribution in [0, 0.1) is 0 Å². The van der Waals surface area contributed by atoms with Crippen LogP contribution >= 0.6 is 0 Å². The monoisotopic (exact) mass is 1270 g/mol. The van der Waals surface area contributed by atoms with E-state index in [1.807, 2.05) is 0 Å². The average Bonchev–Trinajstić information content (AvgIpc) is 1.95. The number of carboxylic acids is 1. The molecular weight excluding hydrogens is 1180 g/mol. The lowest BCUT2D eigenvalue weighted by molar-refractivity contribution is -0.139. The molecule has 0 radical (unpaired) electrons. The molecular formula is C59H88N18O14. The van der Waals surface area contributed by atoms with E-state index < -0.39 is 157 Å². The smallest absolute Gasteiger partial charge is 0.303 e. The summed E-state index contributed by atoms with van der Waals surface area (Å²) < 4.78 is 0. The molecule has 0 saturated heterocycles. The minimum Gasteiger partial charge on any atom is -0.481 e. The second-order valence-corrected chi connectivity index (χ2v) is 21.9. The maximum atomic E-state index is 14.3. The molecule has 0 unspecified atom stereocenters. The molecule has 2 aromatic heterocycles. The van der Waals surface area contributed by atoms with E-state index >= 15 is 0 Å². The number of aromatic amines is 2. The minimum absolute atomic E-state index is 0.00464. The number of primary amides is 2. The summed E-state index contributed by atoms with van der Waals surface area (Å²) >= 11 is 0. The Hall–Kier alpha value is -9.37. The Kier molecular flexibility index (Phi) is 31.7. The lowest BCUT2D eigenvalue weighted by Gasteiger charge is -2.27. The fourth-order valence-electron chi connectivity index (χ4n) is 9.53. The number of amides is 11. The number of aliphatic carboxylic acids is 1. The Labute approximate surface area is 525 Å². The van der Waals surface area contributed by atoms with Gasteiger partial charge in [-0.15, -0.1) is 0 Å². The van der Waals surface area contributed by atoms with E-state index in [0.717, 1.165) is 0 Å². The van der Waals surface area contributed by atoms with Crippen molar-refractivity contribution in [2.24, 2.45) is 34.4 Å². The molecule has 25 N–H and O–H groups in total. The summed E-state index contributed by atoms with van der Waals surface area (Å²) in [6.45, 7) is 1.20. The summed E-state index contributed by atoms with van der Waals surface area (Å²) in [5.74, 6) is -11.8. The van der Waals surface area contributed by atoms with Crippen LogP contribution in [0.15, 0.2) is 73.3 Å². The number of rotatable bonds is 43. The summed E-state index contributed by atoms with van der Waals surface area (Å²) in [7, 11) is 0. The number of imidazole rings is 1. The largest absolute Gasteiger partial charge is 0.481 e. The van der Waals surface area contributed by atoms with E-state index in [1.165, 1.54) is 19.4 Å². The quantitative estimate of drug-likeness (QED) is 0.0185. The number of carboxylic acid groups (broad SMARTS) is 1. The third kappa shape index (κ3) is 25.6. The van der Waals surface area contributed by atoms with Crippen molar-refractivity contribution in [2.75, 3.05) is 26.2 Å². The van der Waals surface area contributed by atoms with Crippen LogP contribution in [0.3, 0.4) is 0 Å². The van der Waals surface area contributed by atoms with E-state index in [4.69, 9.17) is 34.4 Å². The van der Waals surface area contributed by atoms with Crippen molar-refractivity contribution in [3.05, 3.63) is 90.1 Å². The molecule has 32 heteroatoms. The van der Waals surface area contributed by atoms with Crippen molar-refractivity contribution in [3.63, 3.8) is 0 Å². The number of para-hydroxylation sites is 1. The SMILES string of the molecule is C[C@H](NC(=O)[C@H](Cc1cnc[nH]1)NC(=O)[C@H](CCCCN)NC(=O)[C@H](CCCCN)NC(=O)[C@@H](N)CO)C(=O)N[C@@H](CCC(=O)O)C(=O)N[C@@H](CCCCN)C(=O)N[C@@H](CC(N)=O)C(=O)N[C@@H](Cc1c[nH]c2ccccc12)C(=O)N[C@@H](Cc1ccccc1)C(N)=O. The van der Waals surface area contributed by atoms with Crippen molar-refractivity contribution in [1.82, 2.24) is 62.8 Å². The third-order valence-electron chi connectivity index (χ3n) is 14.6. The molecule has 0 aliphatic carbocycles. The first-order valence-electron chi connectivity index (χ1n) is 30.0. The number of nitrogens with one attached hydrogen (secondary N) is 11. The fraction of sp³-hybridized carbons (Fsp3) is 0.508. The first-order chi connectivity index (χ1) is 43.5. The zero-order valence-electron chi connectivity index (χ0n) is 50.8. The molecule has 2 heterocycles. The highest BCUT2D eigenvalue weighted by molar-refractivity contribution is 6.00. The zero-order chi connectivity index (χ0) is 67.0. The topological polar surface area (TPSA) is 554 Å². The number of carbonyl (C=O) groups is 12. The van der Waals surface area contributed by atoms with Gasteiger partial charge in [-0.3, -0.25) is 57.5 Å². The van der Waals surface area contributed by atoms with Crippen molar-refractivity contribution in [3.8, 4) is 0 Å². The number of hydrogen-bond donors (Lipinski definition) is 19. The van der Waals surface area contributed by atoms with Gasteiger partial charge in [0.2, 0.25) is 65.0 Å². The lowest BCUT2D eigenvalue weighted by atomic mass is 10.0. The summed E-state index contributed by atoms with van der Waals surface area (Å²) in [6.07, 6.45) is 3.96. The Morgan fingerprint density at radius 1 is 0.505 bits per heavy atom. The molecule has 0 aliphatic rings. The normalized spacial score (nSPS) is 14.4. The number of carbonyl (C=O) groups excluding carboxylic acids is 11. The van der Waals surface area contributed by atoms with Crippen LogP contribution in [-0.2, 0) is 76.8 Å². The Balaban J connectivity index is 1.56. The number of aliphatic hydroxyl groups excluding tert-OH is 1. The lowest BCUT2D eigenvalue weighted by Crippen LogP contribution is -2.61.